The summed E-state index contributed by atoms with van der Waals surface area (Å²) in [7, 11) is 0. The fraction of sp³-hybridized carbons (Fsp3) is 0.783. The first kappa shape index (κ1) is 51.6. The Morgan fingerprint density at radius 1 is 0.837 bits per heavy atom. The summed E-state index contributed by atoms with van der Waals surface area (Å²) in [6.07, 6.45) is 35.1. The summed E-state index contributed by atoms with van der Waals surface area (Å²) in [6, 6.07) is 0.428. The molecule has 1 fully saturated rings. The van der Waals surface area contributed by atoms with Crippen molar-refractivity contribution in [3.63, 3.8) is 0 Å². The molecular weight excluding hydrogens is 595 g/mol. The van der Waals surface area contributed by atoms with Gasteiger partial charge < -0.3 is 15.5 Å². The lowest BCUT2D eigenvalue weighted by molar-refractivity contribution is 0.377. The number of rotatable bonds is 22. The Bertz CT molecular complexity index is 750. The molecule has 0 aromatic rings. The molecule has 0 bridgehead atoms. The van der Waals surface area contributed by atoms with E-state index < -0.39 is 0 Å². The zero-order chi connectivity index (χ0) is 37.5. The molecule has 49 heavy (non-hydrogen) atoms. The normalized spacial score (nSPS) is 17.7. The van der Waals surface area contributed by atoms with Crippen LogP contribution >= 0.6 is 0 Å². The van der Waals surface area contributed by atoms with Gasteiger partial charge >= 0.3 is 0 Å². The zero-order valence-electron chi connectivity index (χ0n) is 35.3. The number of nitrogens with zero attached hydrogens (tertiary/aromatic N) is 1. The first-order chi connectivity index (χ1) is 23.8. The molecule has 0 radical (unpaired) electrons. The minimum absolute atomic E-state index is 0.428. The third kappa shape index (κ3) is 31.9. The average Bonchev–Trinajstić information content (AvgIpc) is 3.64. The highest BCUT2D eigenvalue weighted by atomic mass is 15.2. The van der Waals surface area contributed by atoms with E-state index >= 15 is 0 Å². The number of unbranched alkanes of at least 4 members (excludes halogenated alkanes) is 8. The molecule has 0 aromatic heterocycles. The van der Waals surface area contributed by atoms with Gasteiger partial charge in [-0.15, -0.1) is 6.58 Å². The second kappa shape index (κ2) is 40.7. The quantitative estimate of drug-likeness (QED) is 0.0877. The molecule has 3 unspecified atom stereocenters. The van der Waals surface area contributed by atoms with Crippen molar-refractivity contribution in [2.75, 3.05) is 26.2 Å². The first-order valence-corrected chi connectivity index (χ1v) is 21.3. The van der Waals surface area contributed by atoms with Crippen LogP contribution in [0.15, 0.2) is 61.5 Å². The molecular formula is C46H91N3. The van der Waals surface area contributed by atoms with E-state index in [0.29, 0.717) is 6.04 Å². The molecule has 290 valence electrons. The smallest absolute Gasteiger partial charge is 0.0677 e. The second-order valence-corrected chi connectivity index (χ2v) is 13.9. The summed E-state index contributed by atoms with van der Waals surface area (Å²) >= 11 is 0. The van der Waals surface area contributed by atoms with Gasteiger partial charge in [-0.05, 0) is 87.6 Å². The predicted molar refractivity (Wildman–Crippen MR) is 228 cm³/mol. The summed E-state index contributed by atoms with van der Waals surface area (Å²) in [5, 5.41) is 6.73. The van der Waals surface area contributed by atoms with Gasteiger partial charge in [0.05, 0.1) is 6.04 Å². The second-order valence-electron chi connectivity index (χ2n) is 13.9. The van der Waals surface area contributed by atoms with Crippen molar-refractivity contribution in [3.05, 3.63) is 61.5 Å². The molecule has 2 rings (SSSR count). The number of hydrogen-bond donors (Lipinski definition) is 2. The van der Waals surface area contributed by atoms with Crippen LogP contribution in [0.2, 0.25) is 0 Å². The van der Waals surface area contributed by atoms with Gasteiger partial charge in [-0.3, -0.25) is 0 Å². The van der Waals surface area contributed by atoms with E-state index in [1.165, 1.54) is 129 Å². The van der Waals surface area contributed by atoms with Crippen molar-refractivity contribution in [3.8, 4) is 0 Å². The fourth-order valence-corrected chi connectivity index (χ4v) is 5.70. The largest absolute Gasteiger partial charge is 0.384 e. The maximum Gasteiger partial charge on any atom is 0.0677 e. The van der Waals surface area contributed by atoms with Gasteiger partial charge in [-0.2, -0.15) is 0 Å². The van der Waals surface area contributed by atoms with Crippen molar-refractivity contribution in [2.24, 2.45) is 17.8 Å². The van der Waals surface area contributed by atoms with Crippen molar-refractivity contribution in [1.29, 1.82) is 0 Å². The molecule has 3 nitrogen and oxygen atoms in total. The van der Waals surface area contributed by atoms with Crippen molar-refractivity contribution in [1.82, 2.24) is 15.5 Å². The maximum absolute atomic E-state index is 4.02. The molecule has 0 saturated carbocycles. The molecule has 2 N–H and O–H groups in total. The first-order valence-electron chi connectivity index (χ1n) is 21.3. The standard InChI is InChI=1S/C14H31N.C13H22.C11H18N2.C6H14.C2H6/c1-3-5-7-8-9-10-11-12-14-15-13-6-4-2;1-4-11(3)10-13-9-7-6-8-12(13)5-2;1-4-8-12-10(3)11-7-6-9-13(11)5-2;1-4-6(3)5-2;1-2/h15H,3-14H2,1-2H3;7,9-12H,4-6,8H2,1-3H3;4-5,11-12H,1-3,6-9H2;6H,4-5H2,1-3H3;1-2H3/b;13-10-;;;. The summed E-state index contributed by atoms with van der Waals surface area (Å²) in [6.45, 7) is 37.9. The van der Waals surface area contributed by atoms with Crippen LogP contribution in [0.25, 0.3) is 0 Å². The van der Waals surface area contributed by atoms with Crippen LogP contribution in [0.1, 0.15) is 185 Å². The van der Waals surface area contributed by atoms with Crippen LogP contribution in [0.5, 0.6) is 0 Å². The molecule has 2 aliphatic rings. The molecule has 3 atom stereocenters. The van der Waals surface area contributed by atoms with Crippen molar-refractivity contribution >= 4 is 0 Å². The van der Waals surface area contributed by atoms with E-state index in [2.05, 4.69) is 109 Å². The molecule has 1 aliphatic carbocycles. The minimum Gasteiger partial charge on any atom is -0.384 e. The van der Waals surface area contributed by atoms with Crippen LogP contribution in [0.4, 0.5) is 0 Å². The van der Waals surface area contributed by atoms with Gasteiger partial charge in [0.2, 0.25) is 0 Å². The van der Waals surface area contributed by atoms with Crippen LogP contribution in [-0.4, -0.2) is 37.1 Å². The van der Waals surface area contributed by atoms with Crippen molar-refractivity contribution in [2.45, 2.75) is 191 Å². The molecule has 1 heterocycles. The lowest BCUT2D eigenvalue weighted by Crippen LogP contribution is -2.32. The topological polar surface area (TPSA) is 27.3 Å². The van der Waals surface area contributed by atoms with Crippen LogP contribution in [-0.2, 0) is 0 Å². The monoisotopic (exact) mass is 686 g/mol. The van der Waals surface area contributed by atoms with E-state index in [9.17, 15) is 0 Å². The Morgan fingerprint density at radius 2 is 1.43 bits per heavy atom. The summed E-state index contributed by atoms with van der Waals surface area (Å²) < 4.78 is 0. The lowest BCUT2D eigenvalue weighted by Gasteiger charge is -2.24. The minimum atomic E-state index is 0.428. The number of hydrogen-bond acceptors (Lipinski definition) is 3. The Balaban J connectivity index is -0.000000585. The molecule has 1 aliphatic heterocycles. The molecule has 1 saturated heterocycles. The lowest BCUT2D eigenvalue weighted by atomic mass is 9.85. The number of likely N-dealkylation sites (tertiary alicyclic amines) is 1. The Hall–Kier alpha value is -1.74. The van der Waals surface area contributed by atoms with Gasteiger partial charge in [-0.25, -0.2) is 0 Å². The third-order valence-electron chi connectivity index (χ3n) is 9.79. The van der Waals surface area contributed by atoms with E-state index in [4.69, 9.17) is 0 Å². The highest BCUT2D eigenvalue weighted by molar-refractivity contribution is 5.25. The average molecular weight is 686 g/mol. The van der Waals surface area contributed by atoms with E-state index in [1.54, 1.807) is 5.57 Å². The fourth-order valence-electron chi connectivity index (χ4n) is 5.70. The Morgan fingerprint density at radius 3 is 1.94 bits per heavy atom. The van der Waals surface area contributed by atoms with E-state index in [0.717, 1.165) is 36.5 Å². The van der Waals surface area contributed by atoms with Crippen molar-refractivity contribution < 1.29 is 0 Å². The maximum atomic E-state index is 4.02. The van der Waals surface area contributed by atoms with E-state index in [1.807, 2.05) is 26.1 Å². The van der Waals surface area contributed by atoms with Gasteiger partial charge in [-0.1, -0.05) is 177 Å². The predicted octanol–water partition coefficient (Wildman–Crippen LogP) is 14.2. The highest BCUT2D eigenvalue weighted by Gasteiger charge is 2.23. The van der Waals surface area contributed by atoms with Crippen LogP contribution in [0.3, 0.4) is 0 Å². The molecule has 0 amide bonds. The van der Waals surface area contributed by atoms with Gasteiger partial charge in [0.1, 0.15) is 0 Å². The van der Waals surface area contributed by atoms with Gasteiger partial charge in [0.15, 0.2) is 0 Å². The SMILES string of the molecule is C=CCNC(=C)C1CCCN1C=C.CC.CCC(C)/C=C1/C=CCCC1CC.CCC(C)CC.CCCCCCCCCCNCCCC. The molecule has 0 aromatic carbocycles. The van der Waals surface area contributed by atoms with Gasteiger partial charge in [0, 0.05) is 18.8 Å². The highest BCUT2D eigenvalue weighted by Crippen LogP contribution is 2.28. The molecule has 3 heteroatoms. The number of nitrogens with one attached hydrogen (secondary N) is 2. The van der Waals surface area contributed by atoms with Gasteiger partial charge in [0.25, 0.3) is 0 Å². The Labute approximate surface area is 311 Å². The zero-order valence-corrected chi connectivity index (χ0v) is 35.3. The summed E-state index contributed by atoms with van der Waals surface area (Å²) in [5.41, 5.74) is 2.67. The summed E-state index contributed by atoms with van der Waals surface area (Å²) in [5.74, 6) is 2.51. The third-order valence-corrected chi connectivity index (χ3v) is 9.79. The number of allylic oxidation sites excluding steroid dienone is 4. The Kier molecular flexibility index (Phi) is 42.9. The van der Waals surface area contributed by atoms with E-state index in [-0.39, 0.29) is 0 Å². The summed E-state index contributed by atoms with van der Waals surface area (Å²) in [4.78, 5) is 2.23. The van der Waals surface area contributed by atoms with Crippen LogP contribution < -0.4 is 10.6 Å². The van der Waals surface area contributed by atoms with Crippen LogP contribution in [0, 0.1) is 17.8 Å². The molecule has 0 spiro atoms.